The molecule has 1 saturated heterocycles. The van der Waals surface area contributed by atoms with Crippen LogP contribution in [0.25, 0.3) is 11.0 Å². The molecule has 0 spiro atoms. The lowest BCUT2D eigenvalue weighted by Gasteiger charge is -2.39. The highest BCUT2D eigenvalue weighted by atomic mass is 16.6. The van der Waals surface area contributed by atoms with E-state index >= 15 is 0 Å². The van der Waals surface area contributed by atoms with Crippen molar-refractivity contribution >= 4 is 11.0 Å². The second kappa shape index (κ2) is 5.79. The third-order valence-corrected chi connectivity index (χ3v) is 3.83. The van der Waals surface area contributed by atoms with E-state index in [2.05, 4.69) is 0 Å². The van der Waals surface area contributed by atoms with Crippen LogP contribution in [-0.4, -0.2) is 51.4 Å². The molecule has 2 aromatic rings. The molecule has 7 nitrogen and oxygen atoms in total. The van der Waals surface area contributed by atoms with Gasteiger partial charge in [-0.15, -0.1) is 0 Å². The highest BCUT2D eigenvalue weighted by Gasteiger charge is 2.45. The topological polar surface area (TPSA) is 120 Å². The Morgan fingerprint density at radius 1 is 1.05 bits per heavy atom. The van der Waals surface area contributed by atoms with Gasteiger partial charge in [0.1, 0.15) is 41.9 Å². The first kappa shape index (κ1) is 15.1. The maximum Gasteiger partial charge on any atom is 0.193 e. The molecule has 4 N–H and O–H groups in total. The van der Waals surface area contributed by atoms with E-state index in [1.165, 1.54) is 6.07 Å². The number of hydrogen-bond donors (Lipinski definition) is 4. The van der Waals surface area contributed by atoms with Gasteiger partial charge < -0.3 is 29.6 Å². The zero-order valence-corrected chi connectivity index (χ0v) is 11.5. The predicted molar refractivity (Wildman–Crippen MR) is 75.2 cm³/mol. The van der Waals surface area contributed by atoms with E-state index in [1.807, 2.05) is 0 Å². The molecule has 2 heterocycles. The quantitative estimate of drug-likeness (QED) is 0.579. The van der Waals surface area contributed by atoms with E-state index in [4.69, 9.17) is 9.15 Å². The molecule has 0 bridgehead atoms. The smallest absolute Gasteiger partial charge is 0.193 e. The Bertz CT molecular complexity index is 723. The minimum Gasteiger partial charge on any atom is -0.458 e. The Balaban J connectivity index is 2.04. The second-order valence-corrected chi connectivity index (χ2v) is 5.26. The van der Waals surface area contributed by atoms with Gasteiger partial charge in [-0.2, -0.15) is 0 Å². The number of benzene rings is 1. The largest absolute Gasteiger partial charge is 0.458 e. The third kappa shape index (κ3) is 2.43. The Hall–Kier alpha value is -1.77. The molecule has 118 valence electrons. The van der Waals surface area contributed by atoms with Gasteiger partial charge in [0.05, 0.1) is 12.0 Å². The molecule has 0 radical (unpaired) electrons. The van der Waals surface area contributed by atoms with E-state index in [-0.39, 0.29) is 11.2 Å². The zero-order chi connectivity index (χ0) is 15.9. The molecule has 3 rings (SSSR count). The van der Waals surface area contributed by atoms with Gasteiger partial charge >= 0.3 is 0 Å². The molecule has 22 heavy (non-hydrogen) atoms. The SMILES string of the molecule is O=c1cc(C2O[C@H](CO)[C@@H](O)[C@H](O)[C@H]2O)oc2ccccc12. The molecule has 0 amide bonds. The average Bonchev–Trinajstić information content (AvgIpc) is 2.53. The molecule has 1 aromatic heterocycles. The van der Waals surface area contributed by atoms with Crippen LogP contribution in [0.15, 0.2) is 39.5 Å². The number of fused-ring (bicyclic) bond motifs is 1. The number of ether oxygens (including phenoxy) is 1. The summed E-state index contributed by atoms with van der Waals surface area (Å²) >= 11 is 0. The predicted octanol–water partition coefficient (Wildman–Crippen LogP) is -0.692. The van der Waals surface area contributed by atoms with Crippen molar-refractivity contribution < 1.29 is 29.6 Å². The number of para-hydroxylation sites is 1. The van der Waals surface area contributed by atoms with E-state index in [0.717, 1.165) is 0 Å². The number of rotatable bonds is 2. The van der Waals surface area contributed by atoms with Crippen LogP contribution in [0.5, 0.6) is 0 Å². The molecular formula is C15H16O7. The summed E-state index contributed by atoms with van der Waals surface area (Å²) in [7, 11) is 0. The molecule has 5 atom stereocenters. The van der Waals surface area contributed by atoms with Crippen molar-refractivity contribution in [3.05, 3.63) is 46.3 Å². The lowest BCUT2D eigenvalue weighted by Crippen LogP contribution is -2.55. The van der Waals surface area contributed by atoms with Gasteiger partial charge in [0, 0.05) is 6.07 Å². The van der Waals surface area contributed by atoms with E-state index in [9.17, 15) is 25.2 Å². The van der Waals surface area contributed by atoms with Crippen molar-refractivity contribution in [3.8, 4) is 0 Å². The van der Waals surface area contributed by atoms with Crippen LogP contribution < -0.4 is 5.43 Å². The first-order chi connectivity index (χ1) is 10.5. The summed E-state index contributed by atoms with van der Waals surface area (Å²) in [4.78, 5) is 12.1. The maximum absolute atomic E-state index is 12.1. The van der Waals surface area contributed by atoms with Crippen molar-refractivity contribution in [2.45, 2.75) is 30.5 Å². The van der Waals surface area contributed by atoms with Crippen LogP contribution in [0, 0.1) is 0 Å². The van der Waals surface area contributed by atoms with Crippen LogP contribution in [0.1, 0.15) is 11.9 Å². The van der Waals surface area contributed by atoms with Crippen molar-refractivity contribution in [3.63, 3.8) is 0 Å². The number of aliphatic hydroxyl groups excluding tert-OH is 4. The molecule has 7 heteroatoms. The Labute approximate surface area is 125 Å². The maximum atomic E-state index is 12.1. The molecule has 1 unspecified atom stereocenters. The molecule has 1 aliphatic rings. The number of hydrogen-bond acceptors (Lipinski definition) is 7. The lowest BCUT2D eigenvalue weighted by atomic mass is 9.93. The van der Waals surface area contributed by atoms with Gasteiger partial charge in [0.25, 0.3) is 0 Å². The number of aliphatic hydroxyl groups is 4. The summed E-state index contributed by atoms with van der Waals surface area (Å²) in [5.41, 5.74) is 0.00997. The fraction of sp³-hybridized carbons (Fsp3) is 0.400. The van der Waals surface area contributed by atoms with Gasteiger partial charge in [-0.05, 0) is 12.1 Å². The summed E-state index contributed by atoms with van der Waals surface area (Å²) in [5.74, 6) is 0.0283. The monoisotopic (exact) mass is 308 g/mol. The van der Waals surface area contributed by atoms with Crippen molar-refractivity contribution in [2.24, 2.45) is 0 Å². The van der Waals surface area contributed by atoms with Gasteiger partial charge in [0.2, 0.25) is 0 Å². The van der Waals surface area contributed by atoms with Crippen LogP contribution >= 0.6 is 0 Å². The van der Waals surface area contributed by atoms with Crippen molar-refractivity contribution in [1.82, 2.24) is 0 Å². The highest BCUT2D eigenvalue weighted by molar-refractivity contribution is 5.76. The molecule has 0 saturated carbocycles. The highest BCUT2D eigenvalue weighted by Crippen LogP contribution is 2.32. The summed E-state index contributed by atoms with van der Waals surface area (Å²) in [6.07, 6.45) is -6.67. The first-order valence-corrected chi connectivity index (χ1v) is 6.86. The lowest BCUT2D eigenvalue weighted by molar-refractivity contribution is -0.235. The van der Waals surface area contributed by atoms with Crippen LogP contribution in [0.4, 0.5) is 0 Å². The van der Waals surface area contributed by atoms with E-state index < -0.39 is 37.1 Å². The summed E-state index contributed by atoms with van der Waals surface area (Å²) < 4.78 is 10.9. The van der Waals surface area contributed by atoms with Gasteiger partial charge in [-0.3, -0.25) is 4.79 Å². The van der Waals surface area contributed by atoms with Crippen molar-refractivity contribution in [2.75, 3.05) is 6.61 Å². The van der Waals surface area contributed by atoms with Crippen LogP contribution in [0.3, 0.4) is 0 Å². The Kier molecular flexibility index (Phi) is 3.98. The summed E-state index contributed by atoms with van der Waals surface area (Å²) in [5, 5.41) is 39.2. The van der Waals surface area contributed by atoms with Gasteiger partial charge in [-0.1, -0.05) is 12.1 Å². The standard InChI is InChI=1S/C15H16O7/c16-6-11-12(18)13(19)14(20)15(22-11)10-5-8(17)7-3-1-2-4-9(7)21-10/h1-5,11-16,18-20H,6H2/t11-,12-,13+,14-,15?/m1/s1. The minimum atomic E-state index is -1.52. The van der Waals surface area contributed by atoms with Gasteiger partial charge in [-0.25, -0.2) is 0 Å². The molecule has 1 aromatic carbocycles. The Morgan fingerprint density at radius 2 is 1.77 bits per heavy atom. The molecule has 1 fully saturated rings. The molecule has 0 aliphatic carbocycles. The van der Waals surface area contributed by atoms with E-state index in [1.54, 1.807) is 24.3 Å². The fourth-order valence-corrected chi connectivity index (χ4v) is 2.60. The normalized spacial score (nSPS) is 32.3. The first-order valence-electron chi connectivity index (χ1n) is 6.86. The summed E-state index contributed by atoms with van der Waals surface area (Å²) in [6.45, 7) is -0.542. The van der Waals surface area contributed by atoms with Gasteiger partial charge in [0.15, 0.2) is 5.43 Å². The molecular weight excluding hydrogens is 292 g/mol. The molecule has 1 aliphatic heterocycles. The second-order valence-electron chi connectivity index (χ2n) is 5.26. The van der Waals surface area contributed by atoms with Crippen LogP contribution in [-0.2, 0) is 4.74 Å². The van der Waals surface area contributed by atoms with E-state index in [0.29, 0.717) is 11.0 Å². The summed E-state index contributed by atoms with van der Waals surface area (Å²) in [6, 6.07) is 7.78. The van der Waals surface area contributed by atoms with Crippen molar-refractivity contribution in [1.29, 1.82) is 0 Å². The van der Waals surface area contributed by atoms with Crippen LogP contribution in [0.2, 0.25) is 0 Å². The minimum absolute atomic E-state index is 0.0283. The third-order valence-electron chi connectivity index (χ3n) is 3.83. The Morgan fingerprint density at radius 3 is 2.50 bits per heavy atom. The average molecular weight is 308 g/mol. The zero-order valence-electron chi connectivity index (χ0n) is 11.5. The fourth-order valence-electron chi connectivity index (χ4n) is 2.60.